The van der Waals surface area contributed by atoms with Gasteiger partial charge in [-0.2, -0.15) is 0 Å². The number of amides is 1. The van der Waals surface area contributed by atoms with Gasteiger partial charge in [-0.15, -0.1) is 0 Å². The fourth-order valence-electron chi connectivity index (χ4n) is 2.63. The number of nitrogens with one attached hydrogen (secondary N) is 1. The third kappa shape index (κ3) is 5.12. The van der Waals surface area contributed by atoms with Crippen LogP contribution in [0.25, 0.3) is 0 Å². The first kappa shape index (κ1) is 17.0. The van der Waals surface area contributed by atoms with Gasteiger partial charge in [-0.3, -0.25) is 4.79 Å². The first-order valence-corrected chi connectivity index (χ1v) is 7.52. The average Bonchev–Trinajstić information content (AvgIpc) is 2.36. The summed E-state index contributed by atoms with van der Waals surface area (Å²) >= 11 is 0. The van der Waals surface area contributed by atoms with Crippen molar-refractivity contribution >= 4 is 11.9 Å². The Hall–Kier alpha value is -1.10. The van der Waals surface area contributed by atoms with E-state index in [1.165, 1.54) is 0 Å². The number of carbonyl (C=O) groups excluding carboxylic acids is 1. The number of likely N-dealkylation sites (tertiary alicyclic amines) is 1. The number of carboxylic acid groups (broad SMARTS) is 1. The van der Waals surface area contributed by atoms with Crippen LogP contribution >= 0.6 is 0 Å². The molecule has 1 saturated heterocycles. The van der Waals surface area contributed by atoms with Crippen molar-refractivity contribution in [3.05, 3.63) is 0 Å². The largest absolute Gasteiger partial charge is 0.480 e. The number of carbonyl (C=O) groups is 2. The van der Waals surface area contributed by atoms with E-state index >= 15 is 0 Å². The number of piperidine rings is 1. The molecule has 0 aromatic rings. The van der Waals surface area contributed by atoms with Gasteiger partial charge < -0.3 is 15.3 Å². The molecule has 5 heteroatoms. The predicted molar refractivity (Wildman–Crippen MR) is 78.5 cm³/mol. The lowest BCUT2D eigenvalue weighted by molar-refractivity contribution is -0.153. The lowest BCUT2D eigenvalue weighted by Crippen LogP contribution is -2.51. The summed E-state index contributed by atoms with van der Waals surface area (Å²) in [4.78, 5) is 25.1. The normalized spacial score (nSPS) is 23.7. The Kier molecular flexibility index (Phi) is 5.99. The van der Waals surface area contributed by atoms with Gasteiger partial charge in [0.25, 0.3) is 0 Å². The van der Waals surface area contributed by atoms with Crippen molar-refractivity contribution in [1.29, 1.82) is 0 Å². The second-order valence-corrected chi connectivity index (χ2v) is 6.67. The van der Waals surface area contributed by atoms with Crippen molar-refractivity contribution in [2.45, 2.75) is 65.0 Å². The molecule has 20 heavy (non-hydrogen) atoms. The second kappa shape index (κ2) is 7.07. The van der Waals surface area contributed by atoms with E-state index in [1.807, 2.05) is 20.8 Å². The summed E-state index contributed by atoms with van der Waals surface area (Å²) in [5.41, 5.74) is -0.0261. The molecule has 0 aromatic carbocycles. The number of nitrogens with zero attached hydrogens (tertiary/aromatic N) is 1. The van der Waals surface area contributed by atoms with Gasteiger partial charge in [-0.1, -0.05) is 13.3 Å². The van der Waals surface area contributed by atoms with Crippen molar-refractivity contribution in [3.63, 3.8) is 0 Å². The van der Waals surface area contributed by atoms with E-state index in [0.29, 0.717) is 31.8 Å². The minimum Gasteiger partial charge on any atom is -0.480 e. The molecule has 1 aliphatic heterocycles. The Bertz CT molecular complexity index is 350. The fourth-order valence-corrected chi connectivity index (χ4v) is 2.63. The molecule has 1 amide bonds. The summed E-state index contributed by atoms with van der Waals surface area (Å²) in [6.45, 7) is 9.37. The van der Waals surface area contributed by atoms with Gasteiger partial charge in [0, 0.05) is 25.0 Å². The fraction of sp³-hybridized carbons (Fsp3) is 0.867. The van der Waals surface area contributed by atoms with Crippen LogP contribution in [-0.2, 0) is 9.59 Å². The summed E-state index contributed by atoms with van der Waals surface area (Å²) in [6.07, 6.45) is 2.85. The van der Waals surface area contributed by atoms with E-state index in [4.69, 9.17) is 0 Å². The van der Waals surface area contributed by atoms with Crippen molar-refractivity contribution in [3.8, 4) is 0 Å². The predicted octanol–water partition coefficient (Wildman–Crippen LogP) is 1.87. The standard InChI is InChI=1S/C15H28N2O3/c1-5-11-7-9-17(12(10-11)14(19)20)13(18)6-8-16-15(2,3)4/h11-12,16H,5-10H2,1-4H3,(H,19,20). The molecule has 0 aliphatic carbocycles. The molecular formula is C15H28N2O3. The molecule has 1 aliphatic rings. The molecule has 0 spiro atoms. The molecule has 2 unspecified atom stereocenters. The molecular weight excluding hydrogens is 256 g/mol. The molecule has 5 nitrogen and oxygen atoms in total. The van der Waals surface area contributed by atoms with Gasteiger partial charge in [0.2, 0.25) is 5.91 Å². The van der Waals surface area contributed by atoms with E-state index in [-0.39, 0.29) is 11.4 Å². The maximum absolute atomic E-state index is 12.2. The van der Waals surface area contributed by atoms with Gasteiger partial charge in [0.1, 0.15) is 6.04 Å². The van der Waals surface area contributed by atoms with Crippen molar-refractivity contribution in [2.24, 2.45) is 5.92 Å². The van der Waals surface area contributed by atoms with Gasteiger partial charge in [-0.25, -0.2) is 4.79 Å². The lowest BCUT2D eigenvalue weighted by Gasteiger charge is -2.37. The Balaban J connectivity index is 2.54. The van der Waals surface area contributed by atoms with E-state index in [9.17, 15) is 14.7 Å². The van der Waals surface area contributed by atoms with Crippen LogP contribution in [0.15, 0.2) is 0 Å². The van der Waals surface area contributed by atoms with E-state index < -0.39 is 12.0 Å². The zero-order valence-electron chi connectivity index (χ0n) is 13.1. The number of carboxylic acids is 1. The average molecular weight is 284 g/mol. The highest BCUT2D eigenvalue weighted by atomic mass is 16.4. The van der Waals surface area contributed by atoms with Gasteiger partial charge in [0.05, 0.1) is 0 Å². The van der Waals surface area contributed by atoms with Crippen molar-refractivity contribution < 1.29 is 14.7 Å². The summed E-state index contributed by atoms with van der Waals surface area (Å²) in [5.74, 6) is -0.503. The summed E-state index contributed by atoms with van der Waals surface area (Å²) in [6, 6.07) is -0.643. The van der Waals surface area contributed by atoms with Crippen molar-refractivity contribution in [1.82, 2.24) is 10.2 Å². The first-order chi connectivity index (χ1) is 9.24. The highest BCUT2D eigenvalue weighted by molar-refractivity contribution is 5.84. The molecule has 0 bridgehead atoms. The van der Waals surface area contributed by atoms with Gasteiger partial charge >= 0.3 is 5.97 Å². The number of aliphatic carboxylic acids is 1. The Labute approximate surface area is 121 Å². The molecule has 0 aromatic heterocycles. The van der Waals surface area contributed by atoms with Crippen LogP contribution in [0.1, 0.15) is 53.4 Å². The maximum Gasteiger partial charge on any atom is 0.326 e. The number of rotatable bonds is 5. The zero-order valence-corrected chi connectivity index (χ0v) is 13.1. The summed E-state index contributed by atoms with van der Waals surface area (Å²) in [5, 5.41) is 12.6. The second-order valence-electron chi connectivity index (χ2n) is 6.67. The summed E-state index contributed by atoms with van der Waals surface area (Å²) < 4.78 is 0. The monoisotopic (exact) mass is 284 g/mol. The summed E-state index contributed by atoms with van der Waals surface area (Å²) in [7, 11) is 0. The zero-order chi connectivity index (χ0) is 15.3. The highest BCUT2D eigenvalue weighted by Gasteiger charge is 2.35. The molecule has 2 atom stereocenters. The third-order valence-corrected chi connectivity index (χ3v) is 3.89. The number of hydrogen-bond acceptors (Lipinski definition) is 3. The lowest BCUT2D eigenvalue weighted by atomic mass is 9.88. The van der Waals surface area contributed by atoms with Gasteiger partial charge in [-0.05, 0) is 39.5 Å². The molecule has 2 N–H and O–H groups in total. The van der Waals surface area contributed by atoms with Crippen LogP contribution in [0.4, 0.5) is 0 Å². The van der Waals surface area contributed by atoms with Crippen LogP contribution in [0.2, 0.25) is 0 Å². The smallest absolute Gasteiger partial charge is 0.326 e. The SMILES string of the molecule is CCC1CCN(C(=O)CCNC(C)(C)C)C(C(=O)O)C1. The molecule has 0 saturated carbocycles. The number of hydrogen-bond donors (Lipinski definition) is 2. The van der Waals surface area contributed by atoms with Crippen LogP contribution in [0, 0.1) is 5.92 Å². The Morgan fingerprint density at radius 1 is 1.35 bits per heavy atom. The Morgan fingerprint density at radius 3 is 2.50 bits per heavy atom. The Morgan fingerprint density at radius 2 is 2.00 bits per heavy atom. The minimum absolute atomic E-state index is 0.0261. The molecule has 0 radical (unpaired) electrons. The van der Waals surface area contributed by atoms with Crippen LogP contribution in [-0.4, -0.2) is 46.6 Å². The quantitative estimate of drug-likeness (QED) is 0.808. The van der Waals surface area contributed by atoms with E-state index in [0.717, 1.165) is 12.8 Å². The highest BCUT2D eigenvalue weighted by Crippen LogP contribution is 2.26. The molecule has 1 rings (SSSR count). The van der Waals surface area contributed by atoms with Crippen LogP contribution in [0.3, 0.4) is 0 Å². The third-order valence-electron chi connectivity index (χ3n) is 3.89. The minimum atomic E-state index is -0.875. The van der Waals surface area contributed by atoms with Crippen LogP contribution in [0.5, 0.6) is 0 Å². The molecule has 1 heterocycles. The van der Waals surface area contributed by atoms with Crippen LogP contribution < -0.4 is 5.32 Å². The van der Waals surface area contributed by atoms with Crippen molar-refractivity contribution in [2.75, 3.05) is 13.1 Å². The van der Waals surface area contributed by atoms with Gasteiger partial charge in [0.15, 0.2) is 0 Å². The van der Waals surface area contributed by atoms with E-state index in [1.54, 1.807) is 4.90 Å². The molecule has 1 fully saturated rings. The first-order valence-electron chi connectivity index (χ1n) is 7.52. The molecule has 116 valence electrons. The van der Waals surface area contributed by atoms with E-state index in [2.05, 4.69) is 12.2 Å². The maximum atomic E-state index is 12.2. The topological polar surface area (TPSA) is 69.6 Å².